The molecule has 10 heteroatoms. The highest BCUT2D eigenvalue weighted by Gasteiger charge is 2.38. The lowest BCUT2D eigenvalue weighted by Gasteiger charge is -2.28. The zero-order valence-electron chi connectivity index (χ0n) is 16.3. The van der Waals surface area contributed by atoms with Crippen LogP contribution in [-0.2, 0) is 5.60 Å². The molecule has 3 rings (SSSR count). The summed E-state index contributed by atoms with van der Waals surface area (Å²) in [7, 11) is 0. The zero-order valence-corrected chi connectivity index (χ0v) is 17.1. The number of carbonyl (C=O) groups is 1. The van der Waals surface area contributed by atoms with Crippen molar-refractivity contribution in [1.29, 1.82) is 0 Å². The number of anilines is 1. The molecule has 0 aliphatic rings. The van der Waals surface area contributed by atoms with Gasteiger partial charge in [0.05, 0.1) is 16.8 Å². The van der Waals surface area contributed by atoms with Crippen molar-refractivity contribution in [3.05, 3.63) is 51.9 Å². The van der Waals surface area contributed by atoms with Crippen molar-refractivity contribution in [3.63, 3.8) is 0 Å². The van der Waals surface area contributed by atoms with E-state index >= 15 is 0 Å². The van der Waals surface area contributed by atoms with E-state index in [9.17, 15) is 14.3 Å². The fourth-order valence-corrected chi connectivity index (χ4v) is 3.46. The smallest absolute Gasteiger partial charge is 0.255 e. The third-order valence-corrected chi connectivity index (χ3v) is 4.76. The van der Waals surface area contributed by atoms with Crippen LogP contribution in [-0.4, -0.2) is 31.5 Å². The van der Waals surface area contributed by atoms with Gasteiger partial charge in [-0.2, -0.15) is 0 Å². The lowest BCUT2D eigenvalue weighted by atomic mass is 9.91. The number of rotatable bonds is 5. The summed E-state index contributed by atoms with van der Waals surface area (Å²) in [5.41, 5.74) is 10.0. The molecule has 8 nitrogen and oxygen atoms in total. The number of primary amides is 1. The van der Waals surface area contributed by atoms with Crippen LogP contribution in [0.2, 0.25) is 5.02 Å². The highest BCUT2D eigenvalue weighted by molar-refractivity contribution is 6.31. The molecule has 2 heterocycles. The van der Waals surface area contributed by atoms with Crippen molar-refractivity contribution in [3.8, 4) is 5.75 Å². The van der Waals surface area contributed by atoms with E-state index in [1.54, 1.807) is 31.4 Å². The molecule has 29 heavy (non-hydrogen) atoms. The average molecular weight is 422 g/mol. The van der Waals surface area contributed by atoms with E-state index in [-0.39, 0.29) is 28.0 Å². The van der Waals surface area contributed by atoms with Gasteiger partial charge in [0, 0.05) is 18.0 Å². The first-order valence-corrected chi connectivity index (χ1v) is 9.15. The van der Waals surface area contributed by atoms with E-state index in [1.165, 1.54) is 19.2 Å². The average Bonchev–Trinajstić information content (AvgIpc) is 2.96. The van der Waals surface area contributed by atoms with Crippen molar-refractivity contribution in [2.75, 3.05) is 5.73 Å². The Hall–Kier alpha value is -2.91. The number of carbonyl (C=O) groups excluding carboxylic acids is 1. The van der Waals surface area contributed by atoms with Gasteiger partial charge < -0.3 is 21.3 Å². The number of benzene rings is 1. The van der Waals surface area contributed by atoms with Gasteiger partial charge in [0.2, 0.25) is 0 Å². The second-order valence-electron chi connectivity index (χ2n) is 7.08. The number of aryl methyl sites for hydroxylation is 1. The lowest BCUT2D eigenvalue weighted by molar-refractivity contribution is 0.0846. The number of ether oxygens (including phenoxy) is 1. The first-order valence-electron chi connectivity index (χ1n) is 8.77. The Kier molecular flexibility index (Phi) is 5.14. The van der Waals surface area contributed by atoms with Crippen molar-refractivity contribution >= 4 is 28.8 Å². The van der Waals surface area contributed by atoms with Crippen LogP contribution >= 0.6 is 11.6 Å². The molecule has 0 aliphatic heterocycles. The van der Waals surface area contributed by atoms with Crippen molar-refractivity contribution in [2.24, 2.45) is 5.73 Å². The standard InChI is InChI=1S/C19H21ClFN5O3/c1-8(2)29-15-10(7-11(20)13(21)12(15)17(23)27)19(4,28)18-25-9(3)14-16(22)24-5-6-26(14)18/h5-8,28H,1-4H3,(H2,22,24)(H2,23,27)/t19-/m0/s1. The number of nitrogen functional groups attached to an aromatic ring is 1. The maximum absolute atomic E-state index is 14.6. The van der Waals surface area contributed by atoms with Gasteiger partial charge in [0.15, 0.2) is 5.82 Å². The summed E-state index contributed by atoms with van der Waals surface area (Å²) in [4.78, 5) is 20.4. The minimum Gasteiger partial charge on any atom is -0.490 e. The molecule has 0 spiro atoms. The highest BCUT2D eigenvalue weighted by Crippen LogP contribution is 2.41. The van der Waals surface area contributed by atoms with E-state index in [1.807, 2.05) is 0 Å². The van der Waals surface area contributed by atoms with Crippen LogP contribution in [0.25, 0.3) is 5.52 Å². The molecular weight excluding hydrogens is 401 g/mol. The van der Waals surface area contributed by atoms with E-state index in [2.05, 4.69) is 9.97 Å². The van der Waals surface area contributed by atoms with Crippen LogP contribution in [0.4, 0.5) is 10.2 Å². The lowest BCUT2D eigenvalue weighted by Crippen LogP contribution is -2.29. The Morgan fingerprint density at radius 3 is 2.69 bits per heavy atom. The van der Waals surface area contributed by atoms with E-state index in [0.717, 1.165) is 0 Å². The predicted octanol–water partition coefficient (Wildman–Crippen LogP) is 2.55. The summed E-state index contributed by atoms with van der Waals surface area (Å²) in [6.07, 6.45) is 2.60. The number of nitrogens with two attached hydrogens (primary N) is 2. The monoisotopic (exact) mass is 421 g/mol. The van der Waals surface area contributed by atoms with E-state index in [0.29, 0.717) is 11.2 Å². The van der Waals surface area contributed by atoms with Gasteiger partial charge in [-0.3, -0.25) is 9.20 Å². The van der Waals surface area contributed by atoms with E-state index < -0.39 is 29.0 Å². The Balaban J connectivity index is 2.38. The second kappa shape index (κ2) is 7.16. The van der Waals surface area contributed by atoms with Crippen LogP contribution in [0.5, 0.6) is 5.75 Å². The predicted molar refractivity (Wildman–Crippen MR) is 107 cm³/mol. The Morgan fingerprint density at radius 1 is 1.45 bits per heavy atom. The molecule has 154 valence electrons. The molecule has 1 aromatic carbocycles. The molecule has 0 radical (unpaired) electrons. The quantitative estimate of drug-likeness (QED) is 0.580. The molecule has 5 N–H and O–H groups in total. The molecular formula is C19H21ClFN5O3. The largest absolute Gasteiger partial charge is 0.490 e. The fourth-order valence-electron chi connectivity index (χ4n) is 3.25. The number of imidazole rings is 1. The van der Waals surface area contributed by atoms with Crippen LogP contribution in [0.1, 0.15) is 48.2 Å². The normalized spacial score (nSPS) is 13.7. The van der Waals surface area contributed by atoms with Crippen molar-refractivity contribution in [1.82, 2.24) is 14.4 Å². The SMILES string of the molecule is Cc1nc([C@@](C)(O)c2cc(Cl)c(F)c(C(N)=O)c2OC(C)C)n2ccnc(N)c12. The van der Waals surface area contributed by atoms with Gasteiger partial charge in [-0.1, -0.05) is 11.6 Å². The molecule has 0 aliphatic carbocycles. The molecule has 0 saturated carbocycles. The summed E-state index contributed by atoms with van der Waals surface area (Å²) >= 11 is 6.01. The topological polar surface area (TPSA) is 129 Å². The number of aromatic nitrogens is 3. The van der Waals surface area contributed by atoms with Gasteiger partial charge in [-0.05, 0) is 33.8 Å². The number of halogens is 2. The number of aliphatic hydroxyl groups is 1. The molecule has 1 atom stereocenters. The molecule has 0 saturated heterocycles. The van der Waals surface area contributed by atoms with Gasteiger partial charge >= 0.3 is 0 Å². The van der Waals surface area contributed by atoms with Crippen molar-refractivity contribution < 1.29 is 19.0 Å². The van der Waals surface area contributed by atoms with Gasteiger partial charge in [0.25, 0.3) is 5.91 Å². The summed E-state index contributed by atoms with van der Waals surface area (Å²) in [6.45, 7) is 6.53. The summed E-state index contributed by atoms with van der Waals surface area (Å²) in [5, 5.41) is 11.1. The van der Waals surface area contributed by atoms with Gasteiger partial charge in [-0.25, -0.2) is 14.4 Å². The molecule has 0 bridgehead atoms. The number of amides is 1. The molecule has 2 aromatic heterocycles. The summed E-state index contributed by atoms with van der Waals surface area (Å²) < 4.78 is 21.9. The number of fused-ring (bicyclic) bond motifs is 1. The second-order valence-corrected chi connectivity index (χ2v) is 7.49. The van der Waals surface area contributed by atoms with Gasteiger partial charge in [-0.15, -0.1) is 0 Å². The first kappa shape index (κ1) is 20.8. The molecule has 3 aromatic rings. The summed E-state index contributed by atoms with van der Waals surface area (Å²) in [5.74, 6) is -1.91. The maximum atomic E-state index is 14.6. The third-order valence-electron chi connectivity index (χ3n) is 4.49. The van der Waals surface area contributed by atoms with Crippen LogP contribution in [0.3, 0.4) is 0 Å². The highest BCUT2D eigenvalue weighted by atomic mass is 35.5. The number of hydrogen-bond donors (Lipinski definition) is 3. The van der Waals surface area contributed by atoms with Gasteiger partial charge in [0.1, 0.15) is 34.1 Å². The van der Waals surface area contributed by atoms with Crippen molar-refractivity contribution in [2.45, 2.75) is 39.4 Å². The van der Waals surface area contributed by atoms with Crippen LogP contribution < -0.4 is 16.2 Å². The molecule has 0 unspecified atom stereocenters. The van der Waals surface area contributed by atoms with Crippen LogP contribution in [0.15, 0.2) is 18.5 Å². The number of nitrogens with zero attached hydrogens (tertiary/aromatic N) is 3. The Bertz CT molecular complexity index is 1130. The molecule has 0 fully saturated rings. The molecule has 1 amide bonds. The van der Waals surface area contributed by atoms with Crippen LogP contribution in [0, 0.1) is 12.7 Å². The fraction of sp³-hybridized carbons (Fsp3) is 0.316. The summed E-state index contributed by atoms with van der Waals surface area (Å²) in [6, 6.07) is 1.20. The number of hydrogen-bond acceptors (Lipinski definition) is 6. The maximum Gasteiger partial charge on any atom is 0.255 e. The zero-order chi connectivity index (χ0) is 21.7. The Morgan fingerprint density at radius 2 is 2.10 bits per heavy atom. The third kappa shape index (κ3) is 3.36. The minimum atomic E-state index is -1.85. The Labute approximate surface area is 171 Å². The van der Waals surface area contributed by atoms with E-state index in [4.69, 9.17) is 27.8 Å². The minimum absolute atomic E-state index is 0.0358. The first-order chi connectivity index (χ1) is 13.5.